The second-order valence-corrected chi connectivity index (χ2v) is 6.61. The fourth-order valence-corrected chi connectivity index (χ4v) is 3.42. The van der Waals surface area contributed by atoms with E-state index in [1.807, 2.05) is 24.4 Å². The molecule has 0 bridgehead atoms. The van der Waals surface area contributed by atoms with Gasteiger partial charge in [0.2, 0.25) is 5.91 Å². The van der Waals surface area contributed by atoms with Crippen LogP contribution in [-0.4, -0.2) is 28.6 Å². The van der Waals surface area contributed by atoms with Gasteiger partial charge in [0.1, 0.15) is 0 Å². The van der Waals surface area contributed by atoms with E-state index in [2.05, 4.69) is 10.3 Å². The first-order chi connectivity index (χ1) is 10.6. The third-order valence-electron chi connectivity index (χ3n) is 4.42. The lowest BCUT2D eigenvalue weighted by Gasteiger charge is -2.25. The lowest BCUT2D eigenvalue weighted by atomic mass is 9.87. The lowest BCUT2D eigenvalue weighted by molar-refractivity contribution is -0.120. The molecule has 1 aromatic carbocycles. The van der Waals surface area contributed by atoms with Gasteiger partial charge in [-0.2, -0.15) is 0 Å². The fraction of sp³-hybridized carbons (Fsp3) is 0.471. The zero-order chi connectivity index (χ0) is 15.5. The van der Waals surface area contributed by atoms with Crippen LogP contribution >= 0.6 is 11.6 Å². The van der Waals surface area contributed by atoms with Crippen LogP contribution in [0.15, 0.2) is 24.4 Å². The number of hydrogen-bond donors (Lipinski definition) is 3. The normalized spacial score (nSPS) is 21.9. The molecule has 1 aliphatic rings. The molecule has 2 aromatic rings. The molecule has 3 rings (SSSR count). The van der Waals surface area contributed by atoms with Crippen molar-refractivity contribution in [2.24, 2.45) is 5.92 Å². The SMILES string of the molecule is O=C(Cc1c[nH]c2cc(Cl)ccc12)NCC1CCCC(O)C1. The van der Waals surface area contributed by atoms with Gasteiger partial charge in [-0.1, -0.05) is 24.1 Å². The highest BCUT2D eigenvalue weighted by atomic mass is 35.5. The average molecular weight is 321 g/mol. The van der Waals surface area contributed by atoms with E-state index in [1.54, 1.807) is 0 Å². The number of amides is 1. The van der Waals surface area contributed by atoms with Crippen LogP contribution in [0.2, 0.25) is 5.02 Å². The molecule has 1 aromatic heterocycles. The van der Waals surface area contributed by atoms with Gasteiger partial charge in [-0.25, -0.2) is 0 Å². The fourth-order valence-electron chi connectivity index (χ4n) is 3.25. The van der Waals surface area contributed by atoms with Crippen molar-refractivity contribution in [1.82, 2.24) is 10.3 Å². The molecule has 1 fully saturated rings. The summed E-state index contributed by atoms with van der Waals surface area (Å²) in [5, 5.41) is 14.4. The third-order valence-corrected chi connectivity index (χ3v) is 4.66. The maximum atomic E-state index is 12.1. The Morgan fingerprint density at radius 1 is 1.41 bits per heavy atom. The number of H-pyrrole nitrogens is 1. The molecule has 2 unspecified atom stereocenters. The summed E-state index contributed by atoms with van der Waals surface area (Å²) in [6.45, 7) is 0.657. The van der Waals surface area contributed by atoms with E-state index in [-0.39, 0.29) is 12.0 Å². The number of carbonyl (C=O) groups excluding carboxylic acids is 1. The van der Waals surface area contributed by atoms with Crippen LogP contribution in [0.5, 0.6) is 0 Å². The van der Waals surface area contributed by atoms with E-state index in [9.17, 15) is 9.90 Å². The van der Waals surface area contributed by atoms with E-state index in [0.717, 1.165) is 42.1 Å². The van der Waals surface area contributed by atoms with E-state index in [0.29, 0.717) is 23.9 Å². The molecule has 2 atom stereocenters. The summed E-state index contributed by atoms with van der Waals surface area (Å²) in [4.78, 5) is 15.3. The molecule has 1 saturated carbocycles. The Bertz CT molecular complexity index is 668. The molecule has 1 amide bonds. The predicted octanol–water partition coefficient (Wildman–Crippen LogP) is 3.03. The maximum absolute atomic E-state index is 12.1. The van der Waals surface area contributed by atoms with Crippen LogP contribution in [0, 0.1) is 5.92 Å². The number of aliphatic hydroxyl groups is 1. The van der Waals surface area contributed by atoms with Crippen molar-refractivity contribution >= 4 is 28.4 Å². The van der Waals surface area contributed by atoms with Crippen molar-refractivity contribution in [2.45, 2.75) is 38.2 Å². The molecule has 22 heavy (non-hydrogen) atoms. The molecule has 5 heteroatoms. The lowest BCUT2D eigenvalue weighted by Crippen LogP contribution is -2.33. The van der Waals surface area contributed by atoms with E-state index in [1.165, 1.54) is 0 Å². The summed E-state index contributed by atoms with van der Waals surface area (Å²) >= 11 is 5.96. The second kappa shape index (κ2) is 6.71. The monoisotopic (exact) mass is 320 g/mol. The minimum atomic E-state index is -0.200. The highest BCUT2D eigenvalue weighted by molar-refractivity contribution is 6.31. The molecule has 0 aliphatic heterocycles. The second-order valence-electron chi connectivity index (χ2n) is 6.17. The van der Waals surface area contributed by atoms with Crippen molar-refractivity contribution in [3.63, 3.8) is 0 Å². The Hall–Kier alpha value is -1.52. The number of fused-ring (bicyclic) bond motifs is 1. The molecule has 1 aliphatic carbocycles. The Kier molecular flexibility index (Phi) is 4.69. The van der Waals surface area contributed by atoms with Gasteiger partial charge in [0.15, 0.2) is 0 Å². The minimum Gasteiger partial charge on any atom is -0.393 e. The molecule has 1 heterocycles. The van der Waals surface area contributed by atoms with Crippen molar-refractivity contribution in [3.05, 3.63) is 35.0 Å². The van der Waals surface area contributed by atoms with Gasteiger partial charge in [0.25, 0.3) is 0 Å². The quantitative estimate of drug-likeness (QED) is 0.810. The summed E-state index contributed by atoms with van der Waals surface area (Å²) in [7, 11) is 0. The number of aliphatic hydroxyl groups excluding tert-OH is 1. The third kappa shape index (κ3) is 3.62. The van der Waals surface area contributed by atoms with Crippen LogP contribution in [0.25, 0.3) is 10.9 Å². The van der Waals surface area contributed by atoms with Crippen molar-refractivity contribution in [3.8, 4) is 0 Å². The first kappa shape index (κ1) is 15.4. The number of carbonyl (C=O) groups is 1. The topological polar surface area (TPSA) is 65.1 Å². The molecular formula is C17H21ClN2O2. The summed E-state index contributed by atoms with van der Waals surface area (Å²) in [5.41, 5.74) is 1.93. The highest BCUT2D eigenvalue weighted by Gasteiger charge is 2.20. The van der Waals surface area contributed by atoms with Crippen LogP contribution in [-0.2, 0) is 11.2 Å². The van der Waals surface area contributed by atoms with Crippen molar-refractivity contribution in [1.29, 1.82) is 0 Å². The minimum absolute atomic E-state index is 0.0240. The molecule has 118 valence electrons. The maximum Gasteiger partial charge on any atom is 0.224 e. The summed E-state index contributed by atoms with van der Waals surface area (Å²) < 4.78 is 0. The zero-order valence-corrected chi connectivity index (χ0v) is 13.2. The number of rotatable bonds is 4. The summed E-state index contributed by atoms with van der Waals surface area (Å²) in [5.74, 6) is 0.422. The number of aromatic nitrogens is 1. The Morgan fingerprint density at radius 3 is 3.09 bits per heavy atom. The number of aromatic amines is 1. The van der Waals surface area contributed by atoms with Gasteiger partial charge in [-0.3, -0.25) is 4.79 Å². The van der Waals surface area contributed by atoms with E-state index < -0.39 is 0 Å². The van der Waals surface area contributed by atoms with Gasteiger partial charge in [0, 0.05) is 28.7 Å². The molecule has 3 N–H and O–H groups in total. The van der Waals surface area contributed by atoms with E-state index >= 15 is 0 Å². The Balaban J connectivity index is 1.56. The number of halogens is 1. The van der Waals surface area contributed by atoms with Crippen LogP contribution in [0.1, 0.15) is 31.2 Å². The van der Waals surface area contributed by atoms with Crippen LogP contribution in [0.4, 0.5) is 0 Å². The first-order valence-electron chi connectivity index (χ1n) is 7.82. The van der Waals surface area contributed by atoms with Crippen LogP contribution in [0.3, 0.4) is 0 Å². The van der Waals surface area contributed by atoms with Gasteiger partial charge in [-0.15, -0.1) is 0 Å². The van der Waals surface area contributed by atoms with Gasteiger partial charge >= 0.3 is 0 Å². The molecule has 0 radical (unpaired) electrons. The largest absolute Gasteiger partial charge is 0.393 e. The predicted molar refractivity (Wildman–Crippen MR) is 88.0 cm³/mol. The van der Waals surface area contributed by atoms with Gasteiger partial charge in [0.05, 0.1) is 12.5 Å². The highest BCUT2D eigenvalue weighted by Crippen LogP contribution is 2.24. The van der Waals surface area contributed by atoms with E-state index in [4.69, 9.17) is 11.6 Å². The summed E-state index contributed by atoms with van der Waals surface area (Å²) in [6.07, 6.45) is 5.85. The average Bonchev–Trinajstić information content (AvgIpc) is 2.87. The number of benzene rings is 1. The first-order valence-corrected chi connectivity index (χ1v) is 8.20. The molecule has 0 saturated heterocycles. The number of hydrogen-bond acceptors (Lipinski definition) is 2. The van der Waals surface area contributed by atoms with Crippen molar-refractivity contribution < 1.29 is 9.90 Å². The standard InChI is InChI=1S/C17H21ClN2O2/c18-13-4-5-15-12(10-19-16(15)8-13)7-17(22)20-9-11-2-1-3-14(21)6-11/h4-5,8,10-11,14,19,21H,1-3,6-7,9H2,(H,20,22). The van der Waals surface area contributed by atoms with Crippen LogP contribution < -0.4 is 5.32 Å². The Morgan fingerprint density at radius 2 is 2.27 bits per heavy atom. The smallest absolute Gasteiger partial charge is 0.224 e. The Labute approximate surface area is 134 Å². The molecule has 4 nitrogen and oxygen atoms in total. The van der Waals surface area contributed by atoms with Crippen molar-refractivity contribution in [2.75, 3.05) is 6.54 Å². The number of nitrogens with one attached hydrogen (secondary N) is 2. The summed E-state index contributed by atoms with van der Waals surface area (Å²) in [6, 6.07) is 5.64. The van der Waals surface area contributed by atoms with Gasteiger partial charge in [-0.05, 0) is 42.9 Å². The zero-order valence-electron chi connectivity index (χ0n) is 12.4. The molecule has 0 spiro atoms. The molecular weight excluding hydrogens is 300 g/mol. The van der Waals surface area contributed by atoms with Gasteiger partial charge < -0.3 is 15.4 Å².